The zero-order chi connectivity index (χ0) is 21.6. The third-order valence-electron chi connectivity index (χ3n) is 6.18. The van der Waals surface area contributed by atoms with Crippen LogP contribution in [0.5, 0.6) is 0 Å². The number of aryl methyl sites for hydroxylation is 2. The first-order valence-corrected chi connectivity index (χ1v) is 12.2. The molecule has 1 amide bonds. The average Bonchev–Trinajstić information content (AvgIpc) is 3.47. The number of nitrogens with zero attached hydrogens (tertiary/aromatic N) is 5. The average molecular weight is 440 g/mol. The van der Waals surface area contributed by atoms with E-state index in [4.69, 9.17) is 0 Å². The van der Waals surface area contributed by atoms with Crippen LogP contribution in [-0.4, -0.2) is 53.3 Å². The fourth-order valence-corrected chi connectivity index (χ4v) is 6.09. The van der Waals surface area contributed by atoms with E-state index < -0.39 is 10.0 Å². The van der Waals surface area contributed by atoms with Crippen molar-refractivity contribution in [1.29, 1.82) is 0 Å². The molecular weight excluding hydrogens is 414 g/mol. The second-order valence-corrected chi connectivity index (χ2v) is 10.0. The zero-order valence-electron chi connectivity index (χ0n) is 17.5. The van der Waals surface area contributed by atoms with Gasteiger partial charge in [-0.2, -0.15) is 4.31 Å². The highest BCUT2D eigenvalue weighted by Gasteiger charge is 2.30. The number of hydrogen-bond donors (Lipinski definition) is 0. The molecule has 162 valence electrons. The number of fused-ring (bicyclic) bond motifs is 2. The number of anilines is 1. The highest BCUT2D eigenvalue weighted by molar-refractivity contribution is 7.89. The minimum atomic E-state index is -3.47. The van der Waals surface area contributed by atoms with Crippen LogP contribution in [0.4, 0.5) is 5.69 Å². The molecule has 5 rings (SSSR count). The quantitative estimate of drug-likeness (QED) is 0.624. The largest absolute Gasteiger partial charge is 0.308 e. The molecule has 8 nitrogen and oxygen atoms in total. The summed E-state index contributed by atoms with van der Waals surface area (Å²) in [5.41, 5.74) is 3.83. The first kappa shape index (κ1) is 20.1. The van der Waals surface area contributed by atoms with Crippen LogP contribution in [0.2, 0.25) is 0 Å². The lowest BCUT2D eigenvalue weighted by atomic mass is 10.0. The summed E-state index contributed by atoms with van der Waals surface area (Å²) >= 11 is 0. The maximum absolute atomic E-state index is 13.3. The molecule has 2 aliphatic heterocycles. The van der Waals surface area contributed by atoms with Gasteiger partial charge in [-0.3, -0.25) is 4.79 Å². The van der Waals surface area contributed by atoms with E-state index in [9.17, 15) is 13.2 Å². The summed E-state index contributed by atoms with van der Waals surface area (Å²) in [4.78, 5) is 15.4. The lowest BCUT2D eigenvalue weighted by molar-refractivity contribution is 0.0985. The molecule has 0 atom stereocenters. The normalized spacial score (nSPS) is 17.3. The lowest BCUT2D eigenvalue weighted by Gasteiger charge is -2.30. The van der Waals surface area contributed by atoms with Crippen molar-refractivity contribution in [3.8, 4) is 0 Å². The molecule has 0 aliphatic carbocycles. The number of carbonyl (C=O) groups excluding carboxylic acids is 1. The topological polar surface area (TPSA) is 88.4 Å². The molecule has 1 saturated heterocycles. The molecule has 0 unspecified atom stereocenters. The molecule has 2 aromatic carbocycles. The van der Waals surface area contributed by atoms with Crippen LogP contribution in [0.3, 0.4) is 0 Å². The molecule has 0 bridgehead atoms. The molecule has 31 heavy (non-hydrogen) atoms. The molecule has 2 aliphatic rings. The summed E-state index contributed by atoms with van der Waals surface area (Å²) in [7, 11) is -3.47. The summed E-state index contributed by atoms with van der Waals surface area (Å²) in [5.74, 6) is -0.107. The summed E-state index contributed by atoms with van der Waals surface area (Å²) in [6.45, 7) is 4.47. The standard InChI is InChI=1S/C22H25N5O3S/c1-2-27-21-9-7-17(15-19(21)23-24-27)22(28)26-13-5-6-16-14-18(8-10-20(16)26)31(29,30)25-11-3-4-12-25/h7-10,14-15H,2-6,11-13H2,1H3. The molecule has 0 saturated carbocycles. The van der Waals surface area contributed by atoms with E-state index in [0.29, 0.717) is 42.2 Å². The Morgan fingerprint density at radius 3 is 2.61 bits per heavy atom. The second-order valence-electron chi connectivity index (χ2n) is 8.07. The van der Waals surface area contributed by atoms with Crippen molar-refractivity contribution in [2.45, 2.75) is 44.0 Å². The van der Waals surface area contributed by atoms with Crippen LogP contribution < -0.4 is 4.90 Å². The van der Waals surface area contributed by atoms with E-state index in [1.165, 1.54) is 0 Å². The van der Waals surface area contributed by atoms with Gasteiger partial charge < -0.3 is 4.90 Å². The Morgan fingerprint density at radius 2 is 1.84 bits per heavy atom. The number of sulfonamides is 1. The third kappa shape index (κ3) is 3.41. The van der Waals surface area contributed by atoms with Crippen LogP contribution in [-0.2, 0) is 23.0 Å². The summed E-state index contributed by atoms with van der Waals surface area (Å²) < 4.78 is 29.2. The number of aromatic nitrogens is 3. The van der Waals surface area contributed by atoms with Gasteiger partial charge in [0.15, 0.2) is 0 Å². The van der Waals surface area contributed by atoms with Crippen molar-refractivity contribution in [3.05, 3.63) is 47.5 Å². The van der Waals surface area contributed by atoms with Gasteiger partial charge in [-0.25, -0.2) is 13.1 Å². The Labute approximate surface area is 181 Å². The Morgan fingerprint density at radius 1 is 1.03 bits per heavy atom. The van der Waals surface area contributed by atoms with Crippen molar-refractivity contribution >= 4 is 32.7 Å². The summed E-state index contributed by atoms with van der Waals surface area (Å²) in [6, 6.07) is 10.6. The van der Waals surface area contributed by atoms with E-state index in [1.807, 2.05) is 13.0 Å². The Kier molecular flexibility index (Phi) is 5.02. The van der Waals surface area contributed by atoms with Crippen molar-refractivity contribution < 1.29 is 13.2 Å². The summed E-state index contributed by atoms with van der Waals surface area (Å²) in [6.07, 6.45) is 3.36. The Bertz CT molecular complexity index is 1260. The fraction of sp³-hybridized carbons (Fsp3) is 0.409. The molecule has 0 N–H and O–H groups in total. The Hall–Kier alpha value is -2.78. The van der Waals surface area contributed by atoms with E-state index in [1.54, 1.807) is 44.2 Å². The predicted octanol–water partition coefficient (Wildman–Crippen LogP) is 2.83. The molecular formula is C22H25N5O3S. The van der Waals surface area contributed by atoms with Crippen molar-refractivity contribution in [1.82, 2.24) is 19.3 Å². The Balaban J connectivity index is 1.47. The van der Waals surface area contributed by atoms with Crippen LogP contribution in [0.25, 0.3) is 11.0 Å². The van der Waals surface area contributed by atoms with Gasteiger partial charge >= 0.3 is 0 Å². The molecule has 1 fully saturated rings. The van der Waals surface area contributed by atoms with Gasteiger partial charge in [0.1, 0.15) is 5.52 Å². The van der Waals surface area contributed by atoms with E-state index in [2.05, 4.69) is 10.3 Å². The SMILES string of the molecule is CCn1nnc2cc(C(=O)N3CCCc4cc(S(=O)(=O)N5CCCC5)ccc43)ccc21. The number of benzene rings is 2. The van der Waals surface area contributed by atoms with Crippen molar-refractivity contribution in [2.24, 2.45) is 0 Å². The smallest absolute Gasteiger partial charge is 0.258 e. The lowest BCUT2D eigenvalue weighted by Crippen LogP contribution is -2.35. The summed E-state index contributed by atoms with van der Waals surface area (Å²) in [5, 5.41) is 8.28. The van der Waals surface area contributed by atoms with Crippen molar-refractivity contribution in [3.63, 3.8) is 0 Å². The highest BCUT2D eigenvalue weighted by Crippen LogP contribution is 2.32. The van der Waals surface area contributed by atoms with Crippen LogP contribution >= 0.6 is 0 Å². The van der Waals surface area contributed by atoms with Crippen LogP contribution in [0, 0.1) is 0 Å². The monoisotopic (exact) mass is 439 g/mol. The fourth-order valence-electron chi connectivity index (χ4n) is 4.52. The van der Waals surface area contributed by atoms with E-state index in [-0.39, 0.29) is 5.91 Å². The van der Waals surface area contributed by atoms with E-state index >= 15 is 0 Å². The van der Waals surface area contributed by atoms with Gasteiger partial charge in [0, 0.05) is 37.4 Å². The van der Waals surface area contributed by atoms with Gasteiger partial charge in [-0.1, -0.05) is 5.21 Å². The number of rotatable bonds is 4. The predicted molar refractivity (Wildman–Crippen MR) is 118 cm³/mol. The van der Waals surface area contributed by atoms with E-state index in [0.717, 1.165) is 42.5 Å². The number of amides is 1. The maximum Gasteiger partial charge on any atom is 0.258 e. The minimum Gasteiger partial charge on any atom is -0.308 e. The van der Waals surface area contributed by atoms with Gasteiger partial charge in [0.25, 0.3) is 5.91 Å². The molecule has 0 radical (unpaired) electrons. The van der Waals surface area contributed by atoms with Gasteiger partial charge in [0.2, 0.25) is 10.0 Å². The number of hydrogen-bond acceptors (Lipinski definition) is 5. The third-order valence-corrected chi connectivity index (χ3v) is 8.07. The maximum atomic E-state index is 13.3. The minimum absolute atomic E-state index is 0.107. The molecule has 9 heteroatoms. The van der Waals surface area contributed by atoms with Gasteiger partial charge in [0.05, 0.1) is 10.4 Å². The highest BCUT2D eigenvalue weighted by atomic mass is 32.2. The first-order valence-electron chi connectivity index (χ1n) is 10.8. The van der Waals surface area contributed by atoms with Crippen LogP contribution in [0.15, 0.2) is 41.3 Å². The first-order chi connectivity index (χ1) is 15.0. The molecule has 1 aromatic heterocycles. The van der Waals surface area contributed by atoms with Crippen molar-refractivity contribution in [2.75, 3.05) is 24.5 Å². The zero-order valence-corrected chi connectivity index (χ0v) is 18.3. The molecule has 0 spiro atoms. The molecule has 3 heterocycles. The molecule has 3 aromatic rings. The van der Waals surface area contributed by atoms with Gasteiger partial charge in [-0.15, -0.1) is 5.10 Å². The second kappa shape index (κ2) is 7.72. The number of carbonyl (C=O) groups is 1. The van der Waals surface area contributed by atoms with Crippen LogP contribution in [0.1, 0.15) is 42.1 Å². The van der Waals surface area contributed by atoms with Gasteiger partial charge in [-0.05, 0) is 74.6 Å².